The van der Waals surface area contributed by atoms with E-state index in [2.05, 4.69) is 5.18 Å². The van der Waals surface area contributed by atoms with Crippen molar-refractivity contribution >= 4 is 0 Å². The highest BCUT2D eigenvalue weighted by Gasteiger charge is 2.16. The van der Waals surface area contributed by atoms with Gasteiger partial charge in [0.15, 0.2) is 0 Å². The van der Waals surface area contributed by atoms with E-state index in [1.807, 2.05) is 0 Å². The molecule has 0 bridgehead atoms. The zero-order valence-corrected chi connectivity index (χ0v) is 4.77. The Bertz CT molecular complexity index is 86.6. The van der Waals surface area contributed by atoms with E-state index in [0.29, 0.717) is 0 Å². The summed E-state index contributed by atoms with van der Waals surface area (Å²) in [5.41, 5.74) is 0. The standard InChI is InChI=1S/C4H9NO4/c6-1-3(5-9)4(8)2-7/h3-4,6-8H,1-2H2. The topological polar surface area (TPSA) is 90.1 Å². The van der Waals surface area contributed by atoms with Crippen LogP contribution in [0.25, 0.3) is 0 Å². The first kappa shape index (κ1) is 8.48. The van der Waals surface area contributed by atoms with Crippen LogP contribution >= 0.6 is 0 Å². The summed E-state index contributed by atoms with van der Waals surface area (Å²) in [6, 6.07) is -1.10. The summed E-state index contributed by atoms with van der Waals surface area (Å²) >= 11 is 0. The maximum atomic E-state index is 9.66. The third-order valence-electron chi connectivity index (χ3n) is 0.954. The molecule has 5 heteroatoms. The summed E-state index contributed by atoms with van der Waals surface area (Å²) in [4.78, 5) is 9.66. The molecule has 54 valence electrons. The van der Waals surface area contributed by atoms with Crippen molar-refractivity contribution in [3.8, 4) is 0 Å². The Balaban J connectivity index is 3.63. The van der Waals surface area contributed by atoms with Gasteiger partial charge >= 0.3 is 0 Å². The molecule has 0 saturated carbocycles. The number of aliphatic hydroxyl groups is 3. The summed E-state index contributed by atoms with van der Waals surface area (Å²) in [6.07, 6.45) is -1.24. The normalized spacial score (nSPS) is 16.8. The molecule has 0 rings (SSSR count). The van der Waals surface area contributed by atoms with E-state index in [1.54, 1.807) is 0 Å². The Hall–Kier alpha value is -0.520. The molecule has 2 unspecified atom stereocenters. The smallest absolute Gasteiger partial charge is 0.143 e. The lowest BCUT2D eigenvalue weighted by Gasteiger charge is -2.09. The van der Waals surface area contributed by atoms with Gasteiger partial charge < -0.3 is 15.3 Å². The van der Waals surface area contributed by atoms with Crippen molar-refractivity contribution in [2.75, 3.05) is 13.2 Å². The molecular weight excluding hydrogens is 126 g/mol. The van der Waals surface area contributed by atoms with Gasteiger partial charge in [-0.15, -0.1) is 0 Å². The van der Waals surface area contributed by atoms with Gasteiger partial charge in [0.1, 0.15) is 12.1 Å². The number of aliphatic hydroxyl groups excluding tert-OH is 3. The van der Waals surface area contributed by atoms with Crippen LogP contribution in [0.4, 0.5) is 0 Å². The first-order chi connectivity index (χ1) is 4.26. The minimum absolute atomic E-state index is 0.536. The van der Waals surface area contributed by atoms with Gasteiger partial charge in [-0.2, -0.15) is 4.91 Å². The van der Waals surface area contributed by atoms with Crippen molar-refractivity contribution in [1.29, 1.82) is 0 Å². The Morgan fingerprint density at radius 3 is 2.00 bits per heavy atom. The minimum Gasteiger partial charge on any atom is -0.394 e. The highest BCUT2D eigenvalue weighted by molar-refractivity contribution is 4.72. The van der Waals surface area contributed by atoms with E-state index in [-0.39, 0.29) is 0 Å². The van der Waals surface area contributed by atoms with Crippen LogP contribution < -0.4 is 0 Å². The number of hydrogen-bond donors (Lipinski definition) is 3. The molecule has 0 spiro atoms. The van der Waals surface area contributed by atoms with Gasteiger partial charge in [0.25, 0.3) is 0 Å². The fourth-order valence-electron chi connectivity index (χ4n) is 0.347. The molecule has 0 amide bonds. The molecule has 0 aliphatic carbocycles. The first-order valence-corrected chi connectivity index (χ1v) is 2.48. The monoisotopic (exact) mass is 135 g/mol. The van der Waals surface area contributed by atoms with Gasteiger partial charge in [-0.05, 0) is 0 Å². The Kier molecular flexibility index (Phi) is 4.12. The lowest BCUT2D eigenvalue weighted by Crippen LogP contribution is -2.30. The van der Waals surface area contributed by atoms with Crippen LogP contribution in [0.1, 0.15) is 0 Å². The van der Waals surface area contributed by atoms with E-state index >= 15 is 0 Å². The molecular formula is C4H9NO4. The summed E-state index contributed by atoms with van der Waals surface area (Å²) in [5, 5.41) is 27.5. The number of rotatable bonds is 4. The molecule has 0 heterocycles. The third-order valence-corrected chi connectivity index (χ3v) is 0.954. The number of nitroso groups, excluding NO2 is 1. The lowest BCUT2D eigenvalue weighted by atomic mass is 10.2. The molecule has 3 N–H and O–H groups in total. The Morgan fingerprint density at radius 1 is 1.33 bits per heavy atom. The summed E-state index contributed by atoms with van der Waals surface area (Å²) < 4.78 is 0. The Morgan fingerprint density at radius 2 is 1.89 bits per heavy atom. The first-order valence-electron chi connectivity index (χ1n) is 2.48. The van der Waals surface area contributed by atoms with E-state index in [4.69, 9.17) is 15.3 Å². The Labute approximate surface area is 51.9 Å². The fourth-order valence-corrected chi connectivity index (χ4v) is 0.347. The van der Waals surface area contributed by atoms with Crippen LogP contribution in [0, 0.1) is 4.91 Å². The quantitative estimate of drug-likeness (QED) is 0.408. The van der Waals surface area contributed by atoms with Crippen LogP contribution in [-0.4, -0.2) is 40.7 Å². The van der Waals surface area contributed by atoms with Gasteiger partial charge in [0.05, 0.1) is 13.2 Å². The van der Waals surface area contributed by atoms with Gasteiger partial charge in [-0.25, -0.2) is 0 Å². The molecule has 0 radical (unpaired) electrons. The van der Waals surface area contributed by atoms with Crippen molar-refractivity contribution in [2.45, 2.75) is 12.1 Å². The summed E-state index contributed by atoms with van der Waals surface area (Å²) in [5.74, 6) is 0. The van der Waals surface area contributed by atoms with Crippen molar-refractivity contribution in [2.24, 2.45) is 5.18 Å². The van der Waals surface area contributed by atoms with Crippen LogP contribution in [0.2, 0.25) is 0 Å². The van der Waals surface area contributed by atoms with Crippen molar-refractivity contribution in [3.05, 3.63) is 4.91 Å². The average molecular weight is 135 g/mol. The molecule has 5 nitrogen and oxygen atoms in total. The second-order valence-electron chi connectivity index (χ2n) is 1.61. The lowest BCUT2D eigenvalue weighted by molar-refractivity contribution is 0.0552. The largest absolute Gasteiger partial charge is 0.394 e. The van der Waals surface area contributed by atoms with Crippen molar-refractivity contribution in [1.82, 2.24) is 0 Å². The summed E-state index contributed by atoms with van der Waals surface area (Å²) in [6.45, 7) is -1.10. The molecule has 0 fully saturated rings. The van der Waals surface area contributed by atoms with Crippen LogP contribution in [0.15, 0.2) is 5.18 Å². The van der Waals surface area contributed by atoms with Gasteiger partial charge in [0, 0.05) is 0 Å². The molecule has 9 heavy (non-hydrogen) atoms. The van der Waals surface area contributed by atoms with Crippen LogP contribution in [0.3, 0.4) is 0 Å². The van der Waals surface area contributed by atoms with Gasteiger partial charge in [0.2, 0.25) is 0 Å². The average Bonchev–Trinajstić information content (AvgIpc) is 1.90. The van der Waals surface area contributed by atoms with Gasteiger partial charge in [-0.3, -0.25) is 0 Å². The molecule has 0 aliphatic rings. The number of hydrogen-bond acceptors (Lipinski definition) is 5. The van der Waals surface area contributed by atoms with Crippen molar-refractivity contribution < 1.29 is 15.3 Å². The predicted molar refractivity (Wildman–Crippen MR) is 29.8 cm³/mol. The molecule has 0 aliphatic heterocycles. The van der Waals surface area contributed by atoms with E-state index in [0.717, 1.165) is 0 Å². The fraction of sp³-hybridized carbons (Fsp3) is 1.00. The highest BCUT2D eigenvalue weighted by atomic mass is 16.3. The maximum absolute atomic E-state index is 9.66. The predicted octanol–water partition coefficient (Wildman–Crippen LogP) is -1.53. The minimum atomic E-state index is -1.24. The highest BCUT2D eigenvalue weighted by Crippen LogP contribution is 1.95. The molecule has 2 atom stereocenters. The van der Waals surface area contributed by atoms with E-state index in [1.165, 1.54) is 0 Å². The molecule has 0 aromatic heterocycles. The number of nitrogens with zero attached hydrogens (tertiary/aromatic N) is 1. The third kappa shape index (κ3) is 2.50. The zero-order valence-electron chi connectivity index (χ0n) is 4.77. The second-order valence-corrected chi connectivity index (χ2v) is 1.61. The molecule has 0 aromatic rings. The molecule has 0 aromatic carbocycles. The van der Waals surface area contributed by atoms with Crippen LogP contribution in [-0.2, 0) is 0 Å². The maximum Gasteiger partial charge on any atom is 0.143 e. The summed E-state index contributed by atoms with van der Waals surface area (Å²) in [7, 11) is 0. The van der Waals surface area contributed by atoms with Gasteiger partial charge in [-0.1, -0.05) is 5.18 Å². The molecule has 0 saturated heterocycles. The second kappa shape index (κ2) is 4.37. The van der Waals surface area contributed by atoms with Crippen molar-refractivity contribution in [3.63, 3.8) is 0 Å². The zero-order chi connectivity index (χ0) is 7.28. The van der Waals surface area contributed by atoms with E-state index in [9.17, 15) is 4.91 Å². The van der Waals surface area contributed by atoms with Crippen LogP contribution in [0.5, 0.6) is 0 Å². The van der Waals surface area contributed by atoms with E-state index < -0.39 is 25.4 Å². The SMILES string of the molecule is O=NC(CO)C(O)CO.